The van der Waals surface area contributed by atoms with Gasteiger partial charge in [0.2, 0.25) is 10.0 Å². The summed E-state index contributed by atoms with van der Waals surface area (Å²) in [5, 5.41) is 2.10. The third kappa shape index (κ3) is 4.69. The van der Waals surface area contributed by atoms with E-state index in [0.29, 0.717) is 26.3 Å². The molecule has 0 unspecified atom stereocenters. The van der Waals surface area contributed by atoms with Crippen LogP contribution in [0.4, 0.5) is 4.39 Å². The summed E-state index contributed by atoms with van der Waals surface area (Å²) in [5.41, 5.74) is 0.449. The van der Waals surface area contributed by atoms with Crippen molar-refractivity contribution in [3.8, 4) is 0 Å². The molecule has 0 fully saturated rings. The van der Waals surface area contributed by atoms with Gasteiger partial charge in [0.25, 0.3) is 0 Å². The molecule has 1 N–H and O–H groups in total. The number of nitrogens with one attached hydrogen (secondary N) is 1. The highest BCUT2D eigenvalue weighted by Crippen LogP contribution is 2.23. The molecule has 0 aliphatic carbocycles. The molecule has 0 radical (unpaired) electrons. The zero-order valence-electron chi connectivity index (χ0n) is 10.9. The Labute approximate surface area is 136 Å². The monoisotopic (exact) mass is 365 g/mol. The molecule has 2 aromatic rings. The Morgan fingerprint density at radius 1 is 1.29 bits per heavy atom. The summed E-state index contributed by atoms with van der Waals surface area (Å²) < 4.78 is 40.0. The lowest BCUT2D eigenvalue weighted by Crippen LogP contribution is -2.25. The van der Waals surface area contributed by atoms with Crippen LogP contribution >= 0.6 is 34.7 Å². The molecule has 0 atom stereocenters. The summed E-state index contributed by atoms with van der Waals surface area (Å²) in [4.78, 5) is 0. The van der Waals surface area contributed by atoms with E-state index >= 15 is 0 Å². The van der Waals surface area contributed by atoms with Gasteiger partial charge in [-0.1, -0.05) is 23.7 Å². The molecule has 1 aromatic heterocycles. The Kier molecular flexibility index (Phi) is 6.07. The zero-order chi connectivity index (χ0) is 15.3. The highest BCUT2D eigenvalue weighted by atomic mass is 35.5. The number of rotatable bonds is 7. The quantitative estimate of drug-likeness (QED) is 0.760. The number of hydrogen-bond acceptors (Lipinski definition) is 4. The predicted molar refractivity (Wildman–Crippen MR) is 87.1 cm³/mol. The van der Waals surface area contributed by atoms with Crippen molar-refractivity contribution in [3.05, 3.63) is 52.1 Å². The van der Waals surface area contributed by atoms with Gasteiger partial charge in [0.05, 0.1) is 0 Å². The zero-order valence-corrected chi connectivity index (χ0v) is 14.1. The molecule has 0 saturated heterocycles. The Balaban J connectivity index is 1.78. The van der Waals surface area contributed by atoms with Crippen molar-refractivity contribution in [2.75, 3.05) is 12.3 Å². The molecule has 0 aliphatic heterocycles. The molecular weight excluding hydrogens is 353 g/mol. The van der Waals surface area contributed by atoms with E-state index in [-0.39, 0.29) is 12.4 Å². The molecule has 1 aromatic carbocycles. The van der Waals surface area contributed by atoms with Gasteiger partial charge in [-0.05, 0) is 23.6 Å². The molecule has 21 heavy (non-hydrogen) atoms. The highest BCUT2D eigenvalue weighted by Gasteiger charge is 2.14. The van der Waals surface area contributed by atoms with Gasteiger partial charge < -0.3 is 0 Å². The lowest BCUT2D eigenvalue weighted by Gasteiger charge is -2.07. The molecule has 0 bridgehead atoms. The summed E-state index contributed by atoms with van der Waals surface area (Å²) >= 11 is 8.51. The first-order valence-electron chi connectivity index (χ1n) is 6.04. The standard InChI is InChI=1S/C13H13ClFNO2S3/c14-11-3-1-4-12(15)10(11)9-19-8-6-16-21(17,18)13-5-2-7-20-13/h1-5,7,16H,6,8-9H2. The van der Waals surface area contributed by atoms with Gasteiger partial charge in [0.15, 0.2) is 0 Å². The average Bonchev–Trinajstić information content (AvgIpc) is 2.96. The minimum absolute atomic E-state index is 0.289. The topological polar surface area (TPSA) is 46.2 Å². The maximum absolute atomic E-state index is 13.5. The summed E-state index contributed by atoms with van der Waals surface area (Å²) in [7, 11) is -3.42. The van der Waals surface area contributed by atoms with Crippen LogP contribution in [0.25, 0.3) is 0 Å². The minimum Gasteiger partial charge on any atom is -0.210 e. The number of halogens is 2. The Bertz CT molecular complexity index is 669. The SMILES string of the molecule is O=S(=O)(NCCSCc1c(F)cccc1Cl)c1cccs1. The fourth-order valence-electron chi connectivity index (χ4n) is 1.58. The van der Waals surface area contributed by atoms with Crippen LogP contribution in [-0.4, -0.2) is 20.7 Å². The fraction of sp³-hybridized carbons (Fsp3) is 0.231. The average molecular weight is 366 g/mol. The number of thiophene rings is 1. The second-order valence-electron chi connectivity index (χ2n) is 4.08. The van der Waals surface area contributed by atoms with Crippen molar-refractivity contribution in [1.82, 2.24) is 4.72 Å². The summed E-state index contributed by atoms with van der Waals surface area (Å²) in [6.07, 6.45) is 0. The van der Waals surface area contributed by atoms with Crippen molar-refractivity contribution in [3.63, 3.8) is 0 Å². The van der Waals surface area contributed by atoms with Crippen molar-refractivity contribution < 1.29 is 12.8 Å². The van der Waals surface area contributed by atoms with Gasteiger partial charge in [-0.2, -0.15) is 11.8 Å². The molecular formula is C13H13ClFNO2S3. The van der Waals surface area contributed by atoms with E-state index in [0.717, 1.165) is 0 Å². The van der Waals surface area contributed by atoms with Gasteiger partial charge in [0, 0.05) is 28.6 Å². The molecule has 0 saturated carbocycles. The largest absolute Gasteiger partial charge is 0.250 e. The van der Waals surface area contributed by atoms with E-state index in [1.54, 1.807) is 29.6 Å². The van der Waals surface area contributed by atoms with Gasteiger partial charge in [-0.25, -0.2) is 17.5 Å². The summed E-state index contributed by atoms with van der Waals surface area (Å²) in [6, 6.07) is 7.80. The van der Waals surface area contributed by atoms with Crippen molar-refractivity contribution >= 4 is 44.7 Å². The van der Waals surface area contributed by atoms with Gasteiger partial charge >= 0.3 is 0 Å². The molecule has 114 valence electrons. The minimum atomic E-state index is -3.42. The highest BCUT2D eigenvalue weighted by molar-refractivity contribution is 7.98. The molecule has 3 nitrogen and oxygen atoms in total. The van der Waals surface area contributed by atoms with Crippen LogP contribution in [0, 0.1) is 5.82 Å². The van der Waals surface area contributed by atoms with Crippen molar-refractivity contribution in [2.24, 2.45) is 0 Å². The van der Waals surface area contributed by atoms with Crippen LogP contribution in [0.2, 0.25) is 5.02 Å². The number of benzene rings is 1. The number of thioether (sulfide) groups is 1. The molecule has 0 aliphatic rings. The molecule has 0 amide bonds. The van der Waals surface area contributed by atoms with Gasteiger partial charge in [0.1, 0.15) is 10.0 Å². The first-order chi connectivity index (χ1) is 10.0. The van der Waals surface area contributed by atoms with E-state index in [9.17, 15) is 12.8 Å². The van der Waals surface area contributed by atoms with E-state index < -0.39 is 10.0 Å². The first kappa shape index (κ1) is 16.8. The lowest BCUT2D eigenvalue weighted by atomic mass is 10.2. The molecule has 0 spiro atoms. The smallest absolute Gasteiger partial charge is 0.210 e. The Morgan fingerprint density at radius 3 is 2.76 bits per heavy atom. The third-order valence-corrected chi connectivity index (χ3v) is 6.80. The summed E-state index contributed by atoms with van der Waals surface area (Å²) in [5.74, 6) is 0.607. The van der Waals surface area contributed by atoms with Crippen molar-refractivity contribution in [2.45, 2.75) is 9.96 Å². The van der Waals surface area contributed by atoms with E-state index in [2.05, 4.69) is 4.72 Å². The second-order valence-corrected chi connectivity index (χ2v) is 8.54. The van der Waals surface area contributed by atoms with Gasteiger partial charge in [-0.15, -0.1) is 11.3 Å². The molecule has 8 heteroatoms. The van der Waals surface area contributed by atoms with Crippen LogP contribution in [0.15, 0.2) is 39.9 Å². The lowest BCUT2D eigenvalue weighted by molar-refractivity contribution is 0.586. The van der Waals surface area contributed by atoms with Crippen molar-refractivity contribution in [1.29, 1.82) is 0 Å². The number of sulfonamides is 1. The van der Waals surface area contributed by atoms with Crippen LogP contribution in [-0.2, 0) is 15.8 Å². The van der Waals surface area contributed by atoms with E-state index in [1.807, 2.05) is 0 Å². The maximum atomic E-state index is 13.5. The second kappa shape index (κ2) is 7.60. The Morgan fingerprint density at radius 2 is 2.10 bits per heavy atom. The first-order valence-corrected chi connectivity index (χ1v) is 9.94. The van der Waals surface area contributed by atoms with E-state index in [1.165, 1.54) is 29.2 Å². The van der Waals surface area contributed by atoms with E-state index in [4.69, 9.17) is 11.6 Å². The van der Waals surface area contributed by atoms with Crippen LogP contribution < -0.4 is 4.72 Å². The molecule has 2 rings (SSSR count). The maximum Gasteiger partial charge on any atom is 0.250 e. The van der Waals surface area contributed by atoms with Gasteiger partial charge in [-0.3, -0.25) is 0 Å². The number of hydrogen-bond donors (Lipinski definition) is 1. The fourth-order valence-corrected chi connectivity index (χ4v) is 4.98. The van der Waals surface area contributed by atoms with Crippen LogP contribution in [0.5, 0.6) is 0 Å². The summed E-state index contributed by atoms with van der Waals surface area (Å²) in [6.45, 7) is 0.289. The Hall–Kier alpha value is -0.600. The normalized spacial score (nSPS) is 11.7. The van der Waals surface area contributed by atoms with Crippen LogP contribution in [0.1, 0.15) is 5.56 Å². The molecule has 1 heterocycles. The van der Waals surface area contributed by atoms with Crippen LogP contribution in [0.3, 0.4) is 0 Å². The predicted octanol–water partition coefficient (Wildman–Crippen LogP) is 3.75. The third-order valence-electron chi connectivity index (χ3n) is 2.61.